The lowest BCUT2D eigenvalue weighted by atomic mass is 10.1. The lowest BCUT2D eigenvalue weighted by molar-refractivity contribution is 0.491. The standard InChI is InChI=1S/C12H29N2P/c1-10(2)9-15(13-11(3,4)5)14-12(6,7)8/h10,13-14H,9H2,1-8H3. The van der Waals surface area contributed by atoms with Gasteiger partial charge in [-0.2, -0.15) is 0 Å². The van der Waals surface area contributed by atoms with Crippen LogP contribution in [0.3, 0.4) is 0 Å². The van der Waals surface area contributed by atoms with Crippen LogP contribution < -0.4 is 10.2 Å². The molecule has 0 aliphatic rings. The molecule has 0 bridgehead atoms. The second-order valence-electron chi connectivity index (χ2n) is 6.73. The average Bonchev–Trinajstić information content (AvgIpc) is 1.73. The molecule has 0 unspecified atom stereocenters. The molecular formula is C12H29N2P. The molecular weight excluding hydrogens is 203 g/mol. The number of rotatable bonds is 4. The third kappa shape index (κ3) is 10.6. The van der Waals surface area contributed by atoms with Crippen molar-refractivity contribution in [1.29, 1.82) is 0 Å². The monoisotopic (exact) mass is 232 g/mol. The summed E-state index contributed by atoms with van der Waals surface area (Å²) < 4.78 is 0. The van der Waals surface area contributed by atoms with E-state index in [0.717, 1.165) is 5.92 Å². The zero-order chi connectivity index (χ0) is 12.3. The second kappa shape index (κ2) is 5.61. The predicted molar refractivity (Wildman–Crippen MR) is 72.4 cm³/mol. The number of nitrogens with one attached hydrogen (secondary N) is 2. The normalized spacial score (nSPS) is 14.0. The summed E-state index contributed by atoms with van der Waals surface area (Å²) in [6, 6.07) is 0. The zero-order valence-electron chi connectivity index (χ0n) is 11.7. The van der Waals surface area contributed by atoms with E-state index in [0.29, 0.717) is 0 Å². The van der Waals surface area contributed by atoms with Gasteiger partial charge in [0.15, 0.2) is 0 Å². The number of hydrogen-bond acceptors (Lipinski definition) is 2. The third-order valence-corrected chi connectivity index (χ3v) is 4.47. The first kappa shape index (κ1) is 15.3. The Labute approximate surface area is 97.5 Å². The SMILES string of the molecule is CC(C)CP(NC(C)(C)C)NC(C)(C)C. The summed E-state index contributed by atoms with van der Waals surface area (Å²) in [4.78, 5) is 0. The Morgan fingerprint density at radius 3 is 1.40 bits per heavy atom. The molecule has 0 aromatic rings. The fourth-order valence-electron chi connectivity index (χ4n) is 1.29. The Morgan fingerprint density at radius 2 is 1.20 bits per heavy atom. The molecule has 0 amide bonds. The summed E-state index contributed by atoms with van der Waals surface area (Å²) in [7, 11) is -0.276. The molecule has 0 aliphatic carbocycles. The highest BCUT2D eigenvalue weighted by molar-refractivity contribution is 7.53. The van der Waals surface area contributed by atoms with Crippen LogP contribution >= 0.6 is 8.22 Å². The minimum absolute atomic E-state index is 0.193. The molecule has 3 heteroatoms. The fourth-order valence-corrected chi connectivity index (χ4v) is 3.88. The van der Waals surface area contributed by atoms with E-state index in [9.17, 15) is 0 Å². The van der Waals surface area contributed by atoms with Gasteiger partial charge in [0.25, 0.3) is 0 Å². The Bertz CT molecular complexity index is 161. The molecule has 0 atom stereocenters. The van der Waals surface area contributed by atoms with Gasteiger partial charge in [-0.25, -0.2) is 0 Å². The van der Waals surface area contributed by atoms with E-state index in [4.69, 9.17) is 0 Å². The van der Waals surface area contributed by atoms with Crippen LogP contribution in [0.1, 0.15) is 55.4 Å². The predicted octanol–water partition coefficient (Wildman–Crippen LogP) is 3.73. The molecule has 0 spiro atoms. The van der Waals surface area contributed by atoms with Gasteiger partial charge in [0, 0.05) is 19.3 Å². The molecule has 2 N–H and O–H groups in total. The Balaban J connectivity index is 4.32. The van der Waals surface area contributed by atoms with Gasteiger partial charge in [0.1, 0.15) is 0 Å². The largest absolute Gasteiger partial charge is 0.279 e. The summed E-state index contributed by atoms with van der Waals surface area (Å²) in [5.41, 5.74) is 0.387. The van der Waals surface area contributed by atoms with Gasteiger partial charge in [0.05, 0.1) is 0 Å². The van der Waals surface area contributed by atoms with Crippen molar-refractivity contribution >= 4 is 8.22 Å². The number of hydrogen-bond donors (Lipinski definition) is 2. The fraction of sp³-hybridized carbons (Fsp3) is 1.00. The first-order valence-corrected chi connectivity index (χ1v) is 7.35. The summed E-state index contributed by atoms with van der Waals surface area (Å²) in [6.45, 7) is 17.9. The van der Waals surface area contributed by atoms with Crippen LogP contribution in [-0.2, 0) is 0 Å². The molecule has 0 aromatic heterocycles. The molecule has 0 radical (unpaired) electrons. The summed E-state index contributed by atoms with van der Waals surface area (Å²) >= 11 is 0. The molecule has 92 valence electrons. The molecule has 0 aromatic carbocycles. The van der Waals surface area contributed by atoms with Crippen LogP contribution in [0.5, 0.6) is 0 Å². The molecule has 15 heavy (non-hydrogen) atoms. The van der Waals surface area contributed by atoms with E-state index >= 15 is 0 Å². The minimum Gasteiger partial charge on any atom is -0.279 e. The van der Waals surface area contributed by atoms with Gasteiger partial charge in [-0.05, 0) is 53.6 Å². The van der Waals surface area contributed by atoms with Gasteiger partial charge in [-0.1, -0.05) is 13.8 Å². The molecule has 0 rings (SSSR count). The first-order valence-electron chi connectivity index (χ1n) is 5.83. The molecule has 0 fully saturated rings. The third-order valence-electron chi connectivity index (χ3n) is 1.49. The molecule has 0 aliphatic heterocycles. The van der Waals surface area contributed by atoms with E-state index in [1.54, 1.807) is 0 Å². The van der Waals surface area contributed by atoms with E-state index in [1.807, 2.05) is 0 Å². The van der Waals surface area contributed by atoms with Crippen molar-refractivity contribution in [2.45, 2.75) is 66.5 Å². The van der Waals surface area contributed by atoms with Crippen LogP contribution in [0, 0.1) is 5.92 Å². The van der Waals surface area contributed by atoms with Crippen molar-refractivity contribution in [3.05, 3.63) is 0 Å². The van der Waals surface area contributed by atoms with Gasteiger partial charge >= 0.3 is 0 Å². The van der Waals surface area contributed by atoms with Crippen molar-refractivity contribution < 1.29 is 0 Å². The first-order chi connectivity index (χ1) is 6.49. The molecule has 0 saturated heterocycles. The topological polar surface area (TPSA) is 24.1 Å². The van der Waals surface area contributed by atoms with Crippen LogP contribution in [0.25, 0.3) is 0 Å². The summed E-state index contributed by atoms with van der Waals surface area (Å²) in [5.74, 6) is 0.737. The van der Waals surface area contributed by atoms with Crippen LogP contribution in [0.15, 0.2) is 0 Å². The van der Waals surface area contributed by atoms with Crippen molar-refractivity contribution in [3.8, 4) is 0 Å². The lowest BCUT2D eigenvalue weighted by Crippen LogP contribution is -2.42. The molecule has 0 heterocycles. The van der Waals surface area contributed by atoms with Crippen LogP contribution in [0.4, 0.5) is 0 Å². The lowest BCUT2D eigenvalue weighted by Gasteiger charge is -2.35. The average molecular weight is 232 g/mol. The smallest absolute Gasteiger partial charge is 0.0350 e. The highest BCUT2D eigenvalue weighted by atomic mass is 31.1. The Hall–Kier alpha value is 0.350. The van der Waals surface area contributed by atoms with Crippen molar-refractivity contribution in [2.24, 2.45) is 5.92 Å². The molecule has 0 saturated carbocycles. The Kier molecular flexibility index (Phi) is 5.74. The van der Waals surface area contributed by atoms with Crippen molar-refractivity contribution in [2.75, 3.05) is 6.16 Å². The highest BCUT2D eigenvalue weighted by Crippen LogP contribution is 2.34. The van der Waals surface area contributed by atoms with Crippen LogP contribution in [-0.4, -0.2) is 17.2 Å². The summed E-state index contributed by atoms with van der Waals surface area (Å²) in [5, 5.41) is 7.40. The maximum Gasteiger partial charge on any atom is 0.0350 e. The van der Waals surface area contributed by atoms with Gasteiger partial charge in [-0.3, -0.25) is 10.2 Å². The maximum atomic E-state index is 3.70. The van der Waals surface area contributed by atoms with Crippen molar-refractivity contribution in [3.63, 3.8) is 0 Å². The molecule has 2 nitrogen and oxygen atoms in total. The second-order valence-corrected chi connectivity index (χ2v) is 8.40. The van der Waals surface area contributed by atoms with E-state index < -0.39 is 0 Å². The maximum absolute atomic E-state index is 3.70. The quantitative estimate of drug-likeness (QED) is 0.722. The highest BCUT2D eigenvalue weighted by Gasteiger charge is 2.22. The Morgan fingerprint density at radius 1 is 0.867 bits per heavy atom. The zero-order valence-corrected chi connectivity index (χ0v) is 12.6. The van der Waals surface area contributed by atoms with E-state index in [2.05, 4.69) is 65.6 Å². The van der Waals surface area contributed by atoms with Gasteiger partial charge in [0.2, 0.25) is 0 Å². The van der Waals surface area contributed by atoms with E-state index in [1.165, 1.54) is 6.16 Å². The van der Waals surface area contributed by atoms with Crippen molar-refractivity contribution in [1.82, 2.24) is 10.2 Å². The summed E-state index contributed by atoms with van der Waals surface area (Å²) in [6.07, 6.45) is 1.23. The van der Waals surface area contributed by atoms with Gasteiger partial charge in [-0.15, -0.1) is 0 Å². The van der Waals surface area contributed by atoms with E-state index in [-0.39, 0.29) is 19.3 Å². The van der Waals surface area contributed by atoms with Gasteiger partial charge < -0.3 is 0 Å². The minimum atomic E-state index is -0.276. The van der Waals surface area contributed by atoms with Crippen LogP contribution in [0.2, 0.25) is 0 Å².